The number of methoxy groups -OCH3 is 1. The van der Waals surface area contributed by atoms with Crippen LogP contribution in [-0.2, 0) is 0 Å². The summed E-state index contributed by atoms with van der Waals surface area (Å²) in [6.45, 7) is 0. The molecule has 0 fully saturated rings. The predicted octanol–water partition coefficient (Wildman–Crippen LogP) is 3.38. The van der Waals surface area contributed by atoms with Crippen LogP contribution in [0.2, 0.25) is 0 Å². The van der Waals surface area contributed by atoms with E-state index in [-0.39, 0.29) is 12.4 Å². The summed E-state index contributed by atoms with van der Waals surface area (Å²) >= 11 is 0. The number of hydrogen-bond donors (Lipinski definition) is 1. The Bertz CT molecular complexity index is 836. The highest BCUT2D eigenvalue weighted by atomic mass is 35.5. The number of halogens is 1. The van der Waals surface area contributed by atoms with Gasteiger partial charge in [0.15, 0.2) is 0 Å². The molecule has 0 saturated heterocycles. The highest BCUT2D eigenvalue weighted by Gasteiger charge is 2.08. The number of nitrogens with two attached hydrogens (primary N) is 1. The van der Waals surface area contributed by atoms with Crippen molar-refractivity contribution in [1.82, 2.24) is 9.97 Å². The zero-order valence-electron chi connectivity index (χ0n) is 13.3. The van der Waals surface area contributed by atoms with Gasteiger partial charge in [0.05, 0.1) is 12.8 Å². The third-order valence-electron chi connectivity index (χ3n) is 3.53. The van der Waals surface area contributed by atoms with E-state index in [4.69, 9.17) is 10.5 Å². The molecule has 1 heterocycles. The Morgan fingerprint density at radius 1 is 1.09 bits per heavy atom. The molecular weight excluding hydrogens is 312 g/mol. The first-order valence-corrected chi connectivity index (χ1v) is 6.96. The quantitative estimate of drug-likeness (QED) is 0.746. The minimum absolute atomic E-state index is 0. The van der Waals surface area contributed by atoms with Crippen LogP contribution in [0.5, 0.6) is 5.75 Å². The van der Waals surface area contributed by atoms with Gasteiger partial charge < -0.3 is 15.4 Å². The van der Waals surface area contributed by atoms with Crippen LogP contribution < -0.4 is 15.4 Å². The molecule has 0 amide bonds. The van der Waals surface area contributed by atoms with Gasteiger partial charge in [0.1, 0.15) is 5.75 Å². The van der Waals surface area contributed by atoms with Gasteiger partial charge in [-0.3, -0.25) is 0 Å². The van der Waals surface area contributed by atoms with E-state index in [9.17, 15) is 0 Å². The first kappa shape index (κ1) is 16.8. The summed E-state index contributed by atoms with van der Waals surface area (Å²) in [5.74, 6) is 1.47. The van der Waals surface area contributed by atoms with Crippen LogP contribution in [-0.4, -0.2) is 31.2 Å². The molecule has 5 nitrogen and oxygen atoms in total. The third kappa shape index (κ3) is 3.29. The molecule has 2 aromatic carbocycles. The van der Waals surface area contributed by atoms with E-state index >= 15 is 0 Å². The standard InChI is InChI=1S/C17H18N4O.ClH/c1-21(2)17-19-7-6-16(20-17)12-8-11-4-5-13(22-3)10-14(11)15(18)9-12;/h4-10H,18H2,1-3H3;1H. The molecule has 0 bridgehead atoms. The molecule has 2 N–H and O–H groups in total. The maximum atomic E-state index is 6.21. The monoisotopic (exact) mass is 330 g/mol. The van der Waals surface area contributed by atoms with Gasteiger partial charge in [0.2, 0.25) is 5.95 Å². The molecule has 0 spiro atoms. The van der Waals surface area contributed by atoms with Crippen molar-refractivity contribution in [2.24, 2.45) is 0 Å². The fourth-order valence-electron chi connectivity index (χ4n) is 2.37. The highest BCUT2D eigenvalue weighted by Crippen LogP contribution is 2.31. The van der Waals surface area contributed by atoms with Crippen molar-refractivity contribution in [2.75, 3.05) is 31.8 Å². The van der Waals surface area contributed by atoms with Crippen LogP contribution in [0.1, 0.15) is 0 Å². The van der Waals surface area contributed by atoms with Crippen LogP contribution in [0.25, 0.3) is 22.0 Å². The van der Waals surface area contributed by atoms with Crippen molar-refractivity contribution in [3.05, 3.63) is 42.6 Å². The Kier molecular flexibility index (Phi) is 4.91. The van der Waals surface area contributed by atoms with Gasteiger partial charge in [0.25, 0.3) is 0 Å². The molecule has 0 aliphatic carbocycles. The lowest BCUT2D eigenvalue weighted by molar-refractivity contribution is 0.415. The van der Waals surface area contributed by atoms with Gasteiger partial charge in [-0.2, -0.15) is 0 Å². The van der Waals surface area contributed by atoms with Crippen molar-refractivity contribution >= 4 is 34.8 Å². The molecule has 0 aliphatic heterocycles. The minimum Gasteiger partial charge on any atom is -0.497 e. The Hall–Kier alpha value is -2.53. The molecule has 23 heavy (non-hydrogen) atoms. The summed E-state index contributed by atoms with van der Waals surface area (Å²) in [6, 6.07) is 11.8. The second kappa shape index (κ2) is 6.71. The average molecular weight is 331 g/mol. The lowest BCUT2D eigenvalue weighted by atomic mass is 10.0. The highest BCUT2D eigenvalue weighted by molar-refractivity contribution is 5.97. The molecule has 3 aromatic rings. The van der Waals surface area contributed by atoms with Crippen molar-refractivity contribution in [2.45, 2.75) is 0 Å². The molecule has 120 valence electrons. The summed E-state index contributed by atoms with van der Waals surface area (Å²) in [5.41, 5.74) is 8.73. The maximum Gasteiger partial charge on any atom is 0.225 e. The average Bonchev–Trinajstić information content (AvgIpc) is 2.54. The van der Waals surface area contributed by atoms with Crippen molar-refractivity contribution < 1.29 is 4.74 Å². The number of anilines is 2. The van der Waals surface area contributed by atoms with Crippen molar-refractivity contribution in [3.8, 4) is 17.0 Å². The smallest absolute Gasteiger partial charge is 0.225 e. The zero-order valence-corrected chi connectivity index (χ0v) is 14.1. The predicted molar refractivity (Wildman–Crippen MR) is 97.5 cm³/mol. The van der Waals surface area contributed by atoms with Gasteiger partial charge >= 0.3 is 0 Å². The minimum atomic E-state index is 0. The van der Waals surface area contributed by atoms with E-state index in [1.54, 1.807) is 13.3 Å². The summed E-state index contributed by atoms with van der Waals surface area (Å²) < 4.78 is 5.25. The Morgan fingerprint density at radius 2 is 1.87 bits per heavy atom. The number of nitrogens with zero attached hydrogens (tertiary/aromatic N) is 3. The number of ether oxygens (including phenoxy) is 1. The molecule has 0 atom stereocenters. The molecule has 3 rings (SSSR count). The Morgan fingerprint density at radius 3 is 2.57 bits per heavy atom. The Balaban J connectivity index is 0.00000192. The van der Waals surface area contributed by atoms with Gasteiger partial charge in [0, 0.05) is 36.9 Å². The van der Waals surface area contributed by atoms with Crippen LogP contribution in [0.15, 0.2) is 42.6 Å². The lowest BCUT2D eigenvalue weighted by Crippen LogP contribution is -2.12. The molecule has 6 heteroatoms. The SMILES string of the molecule is COc1ccc2cc(-c3ccnc(N(C)C)n3)cc(N)c2c1.Cl. The fourth-order valence-corrected chi connectivity index (χ4v) is 2.37. The Labute approximate surface area is 141 Å². The topological polar surface area (TPSA) is 64.3 Å². The second-order valence-corrected chi connectivity index (χ2v) is 5.29. The van der Waals surface area contributed by atoms with Crippen LogP contribution >= 0.6 is 12.4 Å². The number of fused-ring (bicyclic) bond motifs is 1. The fraction of sp³-hybridized carbons (Fsp3) is 0.176. The van der Waals surface area contributed by atoms with Gasteiger partial charge in [-0.25, -0.2) is 9.97 Å². The molecular formula is C17H19ClN4O. The van der Waals surface area contributed by atoms with E-state index in [1.807, 2.05) is 49.3 Å². The second-order valence-electron chi connectivity index (χ2n) is 5.29. The first-order valence-electron chi connectivity index (χ1n) is 6.96. The molecule has 0 aliphatic rings. The van der Waals surface area contributed by atoms with Crippen LogP contribution in [0, 0.1) is 0 Å². The van der Waals surface area contributed by atoms with E-state index in [1.165, 1.54) is 0 Å². The zero-order chi connectivity index (χ0) is 15.7. The number of hydrogen-bond acceptors (Lipinski definition) is 5. The van der Waals surface area contributed by atoms with E-state index in [0.29, 0.717) is 11.6 Å². The summed E-state index contributed by atoms with van der Waals surface area (Å²) in [7, 11) is 5.48. The van der Waals surface area contributed by atoms with Crippen molar-refractivity contribution in [3.63, 3.8) is 0 Å². The summed E-state index contributed by atoms with van der Waals surface area (Å²) in [6.07, 6.45) is 1.76. The summed E-state index contributed by atoms with van der Waals surface area (Å²) in [4.78, 5) is 10.7. The van der Waals surface area contributed by atoms with E-state index in [2.05, 4.69) is 16.0 Å². The molecule has 0 saturated carbocycles. The maximum absolute atomic E-state index is 6.21. The van der Waals surface area contributed by atoms with Crippen molar-refractivity contribution in [1.29, 1.82) is 0 Å². The van der Waals surface area contributed by atoms with Gasteiger partial charge in [-0.15, -0.1) is 12.4 Å². The first-order chi connectivity index (χ1) is 10.6. The number of aromatic nitrogens is 2. The summed E-state index contributed by atoms with van der Waals surface area (Å²) in [5, 5.41) is 2.03. The largest absolute Gasteiger partial charge is 0.497 e. The van der Waals surface area contributed by atoms with E-state index in [0.717, 1.165) is 27.8 Å². The van der Waals surface area contributed by atoms with Crippen LogP contribution in [0.4, 0.5) is 11.6 Å². The number of rotatable bonds is 3. The number of nitrogen functional groups attached to an aromatic ring is 1. The van der Waals surface area contributed by atoms with Gasteiger partial charge in [-0.05, 0) is 35.7 Å². The van der Waals surface area contributed by atoms with E-state index < -0.39 is 0 Å². The number of benzene rings is 2. The molecule has 1 aromatic heterocycles. The van der Waals surface area contributed by atoms with Gasteiger partial charge in [-0.1, -0.05) is 6.07 Å². The van der Waals surface area contributed by atoms with Crippen LogP contribution in [0.3, 0.4) is 0 Å². The molecule has 0 unspecified atom stereocenters. The third-order valence-corrected chi connectivity index (χ3v) is 3.53. The molecule has 0 radical (unpaired) electrons. The lowest BCUT2D eigenvalue weighted by Gasteiger charge is -2.12. The normalized spacial score (nSPS) is 10.2.